The van der Waals surface area contributed by atoms with Crippen molar-refractivity contribution in [3.8, 4) is 10.4 Å². The van der Waals surface area contributed by atoms with Crippen LogP contribution in [0.3, 0.4) is 0 Å². The summed E-state index contributed by atoms with van der Waals surface area (Å²) in [7, 11) is 0. The highest BCUT2D eigenvalue weighted by molar-refractivity contribution is 7.21. The first-order chi connectivity index (χ1) is 15.2. The van der Waals surface area contributed by atoms with E-state index in [9.17, 15) is 4.79 Å². The quantitative estimate of drug-likeness (QED) is 0.455. The van der Waals surface area contributed by atoms with Crippen LogP contribution in [0.15, 0.2) is 71.5 Å². The van der Waals surface area contributed by atoms with Gasteiger partial charge in [-0.05, 0) is 30.0 Å². The molecule has 1 fully saturated rings. The molecule has 2 aromatic carbocycles. The molecule has 0 saturated carbocycles. The van der Waals surface area contributed by atoms with Gasteiger partial charge in [0, 0.05) is 24.6 Å². The zero-order valence-corrected chi connectivity index (χ0v) is 18.1. The number of benzene rings is 2. The van der Waals surface area contributed by atoms with E-state index in [1.807, 2.05) is 30.3 Å². The fourth-order valence-electron chi connectivity index (χ4n) is 4.11. The van der Waals surface area contributed by atoms with E-state index in [1.165, 1.54) is 5.56 Å². The first-order valence-corrected chi connectivity index (χ1v) is 11.5. The number of aromatic nitrogens is 2. The van der Waals surface area contributed by atoms with Gasteiger partial charge < -0.3 is 9.72 Å². The highest BCUT2D eigenvalue weighted by Crippen LogP contribution is 2.30. The fourth-order valence-corrected chi connectivity index (χ4v) is 5.17. The van der Waals surface area contributed by atoms with Gasteiger partial charge in [0.1, 0.15) is 10.7 Å². The fraction of sp³-hybridized carbons (Fsp3) is 0.280. The minimum absolute atomic E-state index is 0.0739. The van der Waals surface area contributed by atoms with Gasteiger partial charge in [-0.25, -0.2) is 4.98 Å². The molecule has 5 nitrogen and oxygen atoms in total. The Kier molecular flexibility index (Phi) is 5.93. The maximum absolute atomic E-state index is 12.8. The predicted octanol–water partition coefficient (Wildman–Crippen LogP) is 4.83. The summed E-state index contributed by atoms with van der Waals surface area (Å²) in [6.45, 7) is 3.04. The Morgan fingerprint density at radius 3 is 2.58 bits per heavy atom. The smallest absolute Gasteiger partial charge is 0.259 e. The van der Waals surface area contributed by atoms with Crippen LogP contribution in [-0.2, 0) is 17.8 Å². The summed E-state index contributed by atoms with van der Waals surface area (Å²) in [4.78, 5) is 24.8. The summed E-state index contributed by atoms with van der Waals surface area (Å²) in [5, 5.41) is 0.654. The molecule has 2 aromatic heterocycles. The van der Waals surface area contributed by atoms with Crippen LogP contribution >= 0.6 is 11.3 Å². The predicted molar refractivity (Wildman–Crippen MR) is 125 cm³/mol. The second-order valence-electron chi connectivity index (χ2n) is 8.00. The van der Waals surface area contributed by atoms with Crippen molar-refractivity contribution >= 4 is 21.6 Å². The molecule has 0 radical (unpaired) electrons. The van der Waals surface area contributed by atoms with Gasteiger partial charge in [0.15, 0.2) is 0 Å². The standard InChI is InChI=1S/C25H25N3O2S/c29-24-21-14-22(19-10-5-2-6-11-19)31-25(21)27-23(26-24)17-28(16-20-12-7-13-30-20)15-18-8-3-1-4-9-18/h1-6,8-11,14,20H,7,12-13,15-17H2,(H,26,27,29). The summed E-state index contributed by atoms with van der Waals surface area (Å²) >= 11 is 1.57. The van der Waals surface area contributed by atoms with Crippen molar-refractivity contribution in [3.05, 3.63) is 88.5 Å². The molecule has 4 aromatic rings. The summed E-state index contributed by atoms with van der Waals surface area (Å²) < 4.78 is 5.87. The minimum atomic E-state index is -0.0739. The van der Waals surface area contributed by atoms with Gasteiger partial charge in [-0.15, -0.1) is 11.3 Å². The summed E-state index contributed by atoms with van der Waals surface area (Å²) in [5.41, 5.74) is 2.28. The number of thiophene rings is 1. The number of rotatable bonds is 7. The molecule has 0 aliphatic carbocycles. The van der Waals surface area contributed by atoms with Gasteiger partial charge in [0.25, 0.3) is 5.56 Å². The molecule has 1 aliphatic heterocycles. The van der Waals surface area contributed by atoms with Crippen molar-refractivity contribution in [1.29, 1.82) is 0 Å². The largest absolute Gasteiger partial charge is 0.377 e. The van der Waals surface area contributed by atoms with E-state index in [1.54, 1.807) is 11.3 Å². The van der Waals surface area contributed by atoms with E-state index < -0.39 is 0 Å². The number of hydrogen-bond donors (Lipinski definition) is 1. The van der Waals surface area contributed by atoms with Gasteiger partial charge in [-0.2, -0.15) is 0 Å². The third-order valence-electron chi connectivity index (χ3n) is 5.62. The highest BCUT2D eigenvalue weighted by Gasteiger charge is 2.21. The zero-order valence-electron chi connectivity index (χ0n) is 17.3. The number of nitrogens with one attached hydrogen (secondary N) is 1. The average Bonchev–Trinajstić information content (AvgIpc) is 3.45. The lowest BCUT2D eigenvalue weighted by molar-refractivity contribution is 0.0670. The van der Waals surface area contributed by atoms with Gasteiger partial charge in [0.05, 0.1) is 18.0 Å². The summed E-state index contributed by atoms with van der Waals surface area (Å²) in [6, 6.07) is 22.5. The second kappa shape index (κ2) is 9.14. The number of H-pyrrole nitrogens is 1. The van der Waals surface area contributed by atoms with Crippen LogP contribution in [-0.4, -0.2) is 34.1 Å². The maximum atomic E-state index is 12.8. The zero-order chi connectivity index (χ0) is 21.0. The molecule has 1 saturated heterocycles. The van der Waals surface area contributed by atoms with Gasteiger partial charge in [-0.3, -0.25) is 9.69 Å². The topological polar surface area (TPSA) is 58.2 Å². The van der Waals surface area contributed by atoms with E-state index in [2.05, 4.69) is 46.3 Å². The Hall–Kier alpha value is -2.80. The number of fused-ring (bicyclic) bond motifs is 1. The number of ether oxygens (including phenoxy) is 1. The molecule has 5 rings (SSSR count). The Bertz CT molecular complexity index is 1200. The van der Waals surface area contributed by atoms with Crippen molar-refractivity contribution < 1.29 is 4.74 Å². The average molecular weight is 432 g/mol. The van der Waals surface area contributed by atoms with Gasteiger partial charge in [0.2, 0.25) is 0 Å². The molecular weight excluding hydrogens is 406 g/mol. The molecule has 0 spiro atoms. The first kappa shape index (κ1) is 20.1. The monoisotopic (exact) mass is 431 g/mol. The van der Waals surface area contributed by atoms with Crippen LogP contribution in [0.2, 0.25) is 0 Å². The van der Waals surface area contributed by atoms with Crippen LogP contribution in [0.25, 0.3) is 20.7 Å². The molecule has 6 heteroatoms. The second-order valence-corrected chi connectivity index (χ2v) is 9.03. The van der Waals surface area contributed by atoms with Crippen molar-refractivity contribution in [2.24, 2.45) is 0 Å². The molecule has 1 unspecified atom stereocenters. The molecule has 31 heavy (non-hydrogen) atoms. The van der Waals surface area contributed by atoms with Gasteiger partial charge in [-0.1, -0.05) is 60.7 Å². The number of hydrogen-bond acceptors (Lipinski definition) is 5. The summed E-state index contributed by atoms with van der Waals surface area (Å²) in [6.07, 6.45) is 2.44. The van der Waals surface area contributed by atoms with Gasteiger partial charge >= 0.3 is 0 Å². The Morgan fingerprint density at radius 1 is 1.06 bits per heavy atom. The third-order valence-corrected chi connectivity index (χ3v) is 6.70. The van der Waals surface area contributed by atoms with Crippen LogP contribution in [0.4, 0.5) is 0 Å². The minimum Gasteiger partial charge on any atom is -0.377 e. The molecule has 0 amide bonds. The van der Waals surface area contributed by atoms with Crippen molar-refractivity contribution in [1.82, 2.24) is 14.9 Å². The van der Waals surface area contributed by atoms with Crippen LogP contribution in [0, 0.1) is 0 Å². The van der Waals surface area contributed by atoms with Crippen LogP contribution in [0.1, 0.15) is 24.2 Å². The van der Waals surface area contributed by atoms with Crippen LogP contribution < -0.4 is 5.56 Å². The van der Waals surface area contributed by atoms with E-state index in [0.29, 0.717) is 17.8 Å². The third kappa shape index (κ3) is 4.77. The maximum Gasteiger partial charge on any atom is 0.259 e. The SMILES string of the molecule is O=c1[nH]c(CN(Cc2ccccc2)CC2CCCO2)nc2sc(-c3ccccc3)cc12. The number of nitrogens with zero attached hydrogens (tertiary/aromatic N) is 2. The van der Waals surface area contributed by atoms with E-state index >= 15 is 0 Å². The van der Waals surface area contributed by atoms with E-state index in [4.69, 9.17) is 9.72 Å². The molecule has 1 N–H and O–H groups in total. The lowest BCUT2D eigenvalue weighted by Crippen LogP contribution is -2.32. The van der Waals surface area contributed by atoms with Crippen molar-refractivity contribution in [2.45, 2.75) is 32.0 Å². The highest BCUT2D eigenvalue weighted by atomic mass is 32.1. The molecule has 3 heterocycles. The van der Waals surface area contributed by atoms with E-state index in [-0.39, 0.29) is 11.7 Å². The van der Waals surface area contributed by atoms with Crippen molar-refractivity contribution in [2.75, 3.05) is 13.2 Å². The van der Waals surface area contributed by atoms with Crippen LogP contribution in [0.5, 0.6) is 0 Å². The van der Waals surface area contributed by atoms with E-state index in [0.717, 1.165) is 47.8 Å². The lowest BCUT2D eigenvalue weighted by atomic mass is 10.2. The van der Waals surface area contributed by atoms with Crippen molar-refractivity contribution in [3.63, 3.8) is 0 Å². The molecule has 158 valence electrons. The first-order valence-electron chi connectivity index (χ1n) is 10.7. The molecular formula is C25H25N3O2S. The molecule has 1 atom stereocenters. The summed E-state index contributed by atoms with van der Waals surface area (Å²) in [5.74, 6) is 0.702. The molecule has 1 aliphatic rings. The number of aromatic amines is 1. The lowest BCUT2D eigenvalue weighted by Gasteiger charge is -2.24. The Balaban J connectivity index is 1.42. The molecule has 0 bridgehead atoms. The normalized spacial score (nSPS) is 16.4. The Labute approximate surface area is 185 Å². The Morgan fingerprint density at radius 2 is 1.84 bits per heavy atom.